The number of aliphatic hydroxyl groups excluding tert-OH is 1. The number of aromatic amines is 1. The molecule has 0 aliphatic rings. The molecule has 2 N–H and O–H groups in total. The second-order valence-electron chi connectivity index (χ2n) is 4.88. The molecule has 0 bridgehead atoms. The van der Waals surface area contributed by atoms with E-state index in [0.717, 1.165) is 6.42 Å². The molecule has 0 radical (unpaired) electrons. The van der Waals surface area contributed by atoms with Crippen LogP contribution in [0.4, 0.5) is 4.39 Å². The van der Waals surface area contributed by atoms with Crippen LogP contribution >= 0.6 is 11.8 Å². The maximum absolute atomic E-state index is 13.7. The first-order valence-corrected chi connectivity index (χ1v) is 7.56. The van der Waals surface area contributed by atoms with E-state index in [1.54, 1.807) is 19.9 Å². The normalized spacial score (nSPS) is 12.6. The number of nitrogens with one attached hydrogen (secondary N) is 1. The highest BCUT2D eigenvalue weighted by atomic mass is 32.2. The van der Waals surface area contributed by atoms with Gasteiger partial charge >= 0.3 is 5.69 Å². The maximum atomic E-state index is 13.7. The van der Waals surface area contributed by atoms with Gasteiger partial charge in [-0.2, -0.15) is 0 Å². The molecule has 0 unspecified atom stereocenters. The Balaban J connectivity index is 2.44. The SMILES string of the molecule is CCCn1c(Sc2cc(C)c(F)cc2[C@@H](C)O)n[nH]c1=O. The van der Waals surface area contributed by atoms with Crippen molar-refractivity contribution in [3.8, 4) is 0 Å². The summed E-state index contributed by atoms with van der Waals surface area (Å²) < 4.78 is 15.2. The van der Waals surface area contributed by atoms with Gasteiger partial charge in [-0.1, -0.05) is 6.92 Å². The van der Waals surface area contributed by atoms with Crippen LogP contribution in [0.15, 0.2) is 27.0 Å². The van der Waals surface area contributed by atoms with Crippen molar-refractivity contribution in [2.75, 3.05) is 0 Å². The summed E-state index contributed by atoms with van der Waals surface area (Å²) in [5, 5.41) is 16.7. The Kier molecular flexibility index (Phi) is 4.84. The van der Waals surface area contributed by atoms with Crippen LogP contribution in [-0.4, -0.2) is 19.9 Å². The zero-order valence-electron chi connectivity index (χ0n) is 12.2. The monoisotopic (exact) mass is 311 g/mol. The van der Waals surface area contributed by atoms with E-state index in [2.05, 4.69) is 10.2 Å². The van der Waals surface area contributed by atoms with E-state index in [1.807, 2.05) is 6.92 Å². The molecule has 114 valence electrons. The van der Waals surface area contributed by atoms with Crippen LogP contribution in [0.1, 0.15) is 37.5 Å². The molecule has 0 aliphatic heterocycles. The molecule has 0 amide bonds. The van der Waals surface area contributed by atoms with Crippen molar-refractivity contribution in [1.82, 2.24) is 14.8 Å². The Morgan fingerprint density at radius 3 is 2.86 bits per heavy atom. The van der Waals surface area contributed by atoms with Crippen molar-refractivity contribution in [3.63, 3.8) is 0 Å². The van der Waals surface area contributed by atoms with Gasteiger partial charge in [-0.25, -0.2) is 14.3 Å². The van der Waals surface area contributed by atoms with Crippen molar-refractivity contribution < 1.29 is 9.50 Å². The lowest BCUT2D eigenvalue weighted by molar-refractivity contribution is 0.196. The molecule has 1 atom stereocenters. The number of rotatable bonds is 5. The quantitative estimate of drug-likeness (QED) is 0.890. The lowest BCUT2D eigenvalue weighted by Crippen LogP contribution is -2.17. The van der Waals surface area contributed by atoms with E-state index in [4.69, 9.17) is 0 Å². The molecule has 5 nitrogen and oxygen atoms in total. The highest BCUT2D eigenvalue weighted by molar-refractivity contribution is 7.99. The fourth-order valence-corrected chi connectivity index (χ4v) is 3.14. The predicted octanol–water partition coefficient (Wildman–Crippen LogP) is 2.63. The molecule has 1 aromatic carbocycles. The van der Waals surface area contributed by atoms with Crippen molar-refractivity contribution in [2.24, 2.45) is 0 Å². The molecular formula is C14H18FN3O2S. The van der Waals surface area contributed by atoms with Crippen LogP contribution in [0.2, 0.25) is 0 Å². The Labute approximate surface area is 126 Å². The average Bonchev–Trinajstić information content (AvgIpc) is 2.75. The molecule has 7 heteroatoms. The van der Waals surface area contributed by atoms with Gasteiger partial charge in [0.05, 0.1) is 6.10 Å². The molecule has 0 fully saturated rings. The predicted molar refractivity (Wildman–Crippen MR) is 79.0 cm³/mol. The van der Waals surface area contributed by atoms with Crippen molar-refractivity contribution in [3.05, 3.63) is 39.6 Å². The average molecular weight is 311 g/mol. The van der Waals surface area contributed by atoms with Crippen LogP contribution in [-0.2, 0) is 6.54 Å². The first-order valence-electron chi connectivity index (χ1n) is 6.75. The second-order valence-corrected chi connectivity index (χ2v) is 5.89. The summed E-state index contributed by atoms with van der Waals surface area (Å²) in [5.74, 6) is -0.358. The molecule has 1 aromatic heterocycles. The molecule has 0 aliphatic carbocycles. The topological polar surface area (TPSA) is 70.9 Å². The highest BCUT2D eigenvalue weighted by Crippen LogP contribution is 2.33. The van der Waals surface area contributed by atoms with Crippen molar-refractivity contribution in [1.29, 1.82) is 0 Å². The number of H-pyrrole nitrogens is 1. The van der Waals surface area contributed by atoms with Crippen molar-refractivity contribution in [2.45, 2.75) is 49.9 Å². The summed E-state index contributed by atoms with van der Waals surface area (Å²) in [6.07, 6.45) is 0.00602. The lowest BCUT2D eigenvalue weighted by atomic mass is 10.1. The number of nitrogens with zero attached hydrogens (tertiary/aromatic N) is 2. The van der Waals surface area contributed by atoms with Crippen LogP contribution in [0.3, 0.4) is 0 Å². The minimum absolute atomic E-state index is 0.267. The Morgan fingerprint density at radius 2 is 2.24 bits per heavy atom. The summed E-state index contributed by atoms with van der Waals surface area (Å²) in [6, 6.07) is 2.99. The summed E-state index contributed by atoms with van der Waals surface area (Å²) in [6.45, 7) is 5.77. The van der Waals surface area contributed by atoms with Gasteiger partial charge in [-0.15, -0.1) is 5.10 Å². The number of aryl methyl sites for hydroxylation is 1. The molecule has 2 rings (SSSR count). The molecule has 21 heavy (non-hydrogen) atoms. The molecule has 0 saturated heterocycles. The third kappa shape index (κ3) is 3.36. The largest absolute Gasteiger partial charge is 0.389 e. The van der Waals surface area contributed by atoms with Gasteiger partial charge in [0.2, 0.25) is 0 Å². The zero-order chi connectivity index (χ0) is 15.6. The van der Waals surface area contributed by atoms with Crippen molar-refractivity contribution >= 4 is 11.8 Å². The fourth-order valence-electron chi connectivity index (χ4n) is 1.99. The van der Waals surface area contributed by atoms with Gasteiger partial charge in [-0.3, -0.25) is 4.57 Å². The number of hydrogen-bond donors (Lipinski definition) is 2. The number of halogens is 1. The van der Waals surface area contributed by atoms with Gasteiger partial charge in [0, 0.05) is 11.4 Å². The molecular weight excluding hydrogens is 293 g/mol. The Hall–Kier alpha value is -1.60. The molecule has 1 heterocycles. The smallest absolute Gasteiger partial charge is 0.343 e. The zero-order valence-corrected chi connectivity index (χ0v) is 13.0. The number of benzene rings is 1. The highest BCUT2D eigenvalue weighted by Gasteiger charge is 2.16. The summed E-state index contributed by atoms with van der Waals surface area (Å²) in [4.78, 5) is 12.4. The summed E-state index contributed by atoms with van der Waals surface area (Å²) in [5.41, 5.74) is 0.709. The third-order valence-electron chi connectivity index (χ3n) is 3.11. The van der Waals surface area contributed by atoms with Crippen LogP contribution in [0, 0.1) is 12.7 Å². The standard InChI is InChI=1S/C14H18FN3O2S/c1-4-5-18-13(20)16-17-14(18)21-12-6-8(2)11(15)7-10(12)9(3)19/h6-7,9,19H,4-5H2,1-3H3,(H,16,20)/t9-/m1/s1. The Bertz CT molecular complexity index is 694. The van der Waals surface area contributed by atoms with Gasteiger partial charge in [0.15, 0.2) is 5.16 Å². The molecule has 2 aromatic rings. The van der Waals surface area contributed by atoms with E-state index in [9.17, 15) is 14.3 Å². The van der Waals surface area contributed by atoms with E-state index < -0.39 is 6.10 Å². The first kappa shape index (κ1) is 15.8. The van der Waals surface area contributed by atoms with E-state index in [0.29, 0.717) is 27.7 Å². The Morgan fingerprint density at radius 1 is 1.52 bits per heavy atom. The number of hydrogen-bond acceptors (Lipinski definition) is 4. The van der Waals surface area contributed by atoms with E-state index in [-0.39, 0.29) is 11.5 Å². The van der Waals surface area contributed by atoms with Gasteiger partial charge in [0.1, 0.15) is 5.82 Å². The maximum Gasteiger partial charge on any atom is 0.343 e. The van der Waals surface area contributed by atoms with Crippen LogP contribution < -0.4 is 5.69 Å². The minimum Gasteiger partial charge on any atom is -0.389 e. The summed E-state index contributed by atoms with van der Waals surface area (Å²) >= 11 is 1.25. The minimum atomic E-state index is -0.798. The fraction of sp³-hybridized carbons (Fsp3) is 0.429. The molecule has 0 spiro atoms. The van der Waals surface area contributed by atoms with Gasteiger partial charge in [0.25, 0.3) is 0 Å². The van der Waals surface area contributed by atoms with Gasteiger partial charge < -0.3 is 5.11 Å². The third-order valence-corrected chi connectivity index (χ3v) is 4.18. The lowest BCUT2D eigenvalue weighted by Gasteiger charge is -2.13. The van der Waals surface area contributed by atoms with Crippen LogP contribution in [0.25, 0.3) is 0 Å². The summed E-state index contributed by atoms with van der Waals surface area (Å²) in [7, 11) is 0. The number of aliphatic hydroxyl groups is 1. The molecule has 0 saturated carbocycles. The van der Waals surface area contributed by atoms with Gasteiger partial charge in [-0.05, 0) is 55.3 Å². The second kappa shape index (κ2) is 6.44. The van der Waals surface area contributed by atoms with Crippen LogP contribution in [0.5, 0.6) is 0 Å². The van der Waals surface area contributed by atoms with E-state index >= 15 is 0 Å². The van der Waals surface area contributed by atoms with E-state index in [1.165, 1.54) is 22.4 Å². The number of aromatic nitrogens is 3. The first-order chi connectivity index (χ1) is 9.93.